The van der Waals surface area contributed by atoms with Crippen molar-refractivity contribution in [3.05, 3.63) is 54.6 Å². The van der Waals surface area contributed by atoms with Crippen LogP contribution in [0.25, 0.3) is 17.2 Å². The zero-order valence-corrected chi connectivity index (χ0v) is 21.9. The predicted molar refractivity (Wildman–Crippen MR) is 141 cm³/mol. The number of carbonyl (C=O) groups is 3. The summed E-state index contributed by atoms with van der Waals surface area (Å²) in [4.78, 5) is 49.8. The van der Waals surface area contributed by atoms with E-state index in [1.165, 1.54) is 12.7 Å². The molecule has 0 spiro atoms. The largest absolute Gasteiger partial charge is 0.465 e. The lowest BCUT2D eigenvalue weighted by molar-refractivity contribution is -0.154. The lowest BCUT2D eigenvalue weighted by atomic mass is 10.1. The molecule has 0 radical (unpaired) electrons. The fourth-order valence-electron chi connectivity index (χ4n) is 4.47. The van der Waals surface area contributed by atoms with E-state index in [4.69, 9.17) is 18.9 Å². The molecule has 0 saturated carbocycles. The second-order valence-corrected chi connectivity index (χ2v) is 8.84. The van der Waals surface area contributed by atoms with Crippen molar-refractivity contribution < 1.29 is 33.3 Å². The number of amides is 3. The maximum atomic E-state index is 13.1. The van der Waals surface area contributed by atoms with Crippen LogP contribution in [0.5, 0.6) is 0 Å². The molecule has 3 aromatic rings. The maximum absolute atomic E-state index is 13.1. The third-order valence-electron chi connectivity index (χ3n) is 6.19. The van der Waals surface area contributed by atoms with Crippen LogP contribution in [0.15, 0.2) is 49.1 Å². The topological polar surface area (TPSA) is 168 Å². The fourth-order valence-corrected chi connectivity index (χ4v) is 4.47. The number of urea groups is 1. The Balaban J connectivity index is 1.40. The average Bonchev–Trinajstić information content (AvgIpc) is 3.65. The molecule has 3 amide bonds. The van der Waals surface area contributed by atoms with E-state index in [1.807, 2.05) is 36.4 Å². The van der Waals surface area contributed by atoms with Gasteiger partial charge in [0.15, 0.2) is 35.6 Å². The van der Waals surface area contributed by atoms with E-state index in [-0.39, 0.29) is 19.0 Å². The van der Waals surface area contributed by atoms with Crippen molar-refractivity contribution in [2.75, 3.05) is 25.0 Å². The summed E-state index contributed by atoms with van der Waals surface area (Å²) in [7, 11) is 0. The van der Waals surface area contributed by atoms with Crippen molar-refractivity contribution >= 4 is 41.0 Å². The number of fused-ring (bicyclic) bond motifs is 2. The van der Waals surface area contributed by atoms with Gasteiger partial charge in [0.25, 0.3) is 5.91 Å². The second-order valence-electron chi connectivity index (χ2n) is 8.84. The average molecular weight is 552 g/mol. The molecule has 2 fully saturated rings. The van der Waals surface area contributed by atoms with Crippen molar-refractivity contribution in [1.29, 1.82) is 0 Å². The first kappa shape index (κ1) is 27.2. The van der Waals surface area contributed by atoms with E-state index in [2.05, 4.69) is 30.9 Å². The fraction of sp³-hybridized carbons (Fsp3) is 0.385. The van der Waals surface area contributed by atoms with E-state index in [0.717, 1.165) is 5.56 Å². The van der Waals surface area contributed by atoms with Crippen LogP contribution in [0.3, 0.4) is 0 Å². The van der Waals surface area contributed by atoms with Crippen LogP contribution in [0.4, 0.5) is 10.6 Å². The Morgan fingerprint density at radius 3 is 2.60 bits per heavy atom. The van der Waals surface area contributed by atoms with Gasteiger partial charge >= 0.3 is 12.0 Å². The summed E-state index contributed by atoms with van der Waals surface area (Å²) in [5.74, 6) is -0.918. The number of ether oxygens (including phenoxy) is 4. The third-order valence-corrected chi connectivity index (χ3v) is 6.19. The van der Waals surface area contributed by atoms with E-state index < -0.39 is 48.7 Å². The number of carbonyl (C=O) groups excluding carboxylic acids is 3. The van der Waals surface area contributed by atoms with Gasteiger partial charge in [-0.05, 0) is 25.5 Å². The van der Waals surface area contributed by atoms with Gasteiger partial charge < -0.3 is 29.6 Å². The van der Waals surface area contributed by atoms with Crippen LogP contribution in [0, 0.1) is 0 Å². The first-order valence-electron chi connectivity index (χ1n) is 12.8. The third kappa shape index (κ3) is 5.78. The van der Waals surface area contributed by atoms with Crippen LogP contribution < -0.4 is 16.0 Å². The number of anilines is 1. The van der Waals surface area contributed by atoms with Gasteiger partial charge in [-0.3, -0.25) is 19.5 Å². The molecular weight excluding hydrogens is 522 g/mol. The van der Waals surface area contributed by atoms with Crippen LogP contribution >= 0.6 is 0 Å². The molecule has 14 heteroatoms. The number of nitrogens with one attached hydrogen (secondary N) is 3. The molecule has 210 valence electrons. The molecule has 2 saturated heterocycles. The molecule has 5 atom stereocenters. The number of nitrogens with zero attached hydrogens (tertiary/aromatic N) is 4. The minimum atomic E-state index is -1.10. The molecule has 0 aliphatic carbocycles. The first-order valence-corrected chi connectivity index (χ1v) is 12.8. The number of rotatable bonds is 9. The predicted octanol–water partition coefficient (Wildman–Crippen LogP) is 1.37. The van der Waals surface area contributed by atoms with Gasteiger partial charge in [0.2, 0.25) is 0 Å². The summed E-state index contributed by atoms with van der Waals surface area (Å²) in [6, 6.07) is 9.19. The lowest BCUT2D eigenvalue weighted by Crippen LogP contribution is -2.44. The molecule has 1 aromatic carbocycles. The summed E-state index contributed by atoms with van der Waals surface area (Å²) in [6.45, 7) is 3.79. The van der Waals surface area contributed by atoms with Gasteiger partial charge in [0, 0.05) is 6.54 Å². The van der Waals surface area contributed by atoms with Crippen molar-refractivity contribution in [3.8, 4) is 0 Å². The molecule has 3 N–H and O–H groups in total. The highest BCUT2D eigenvalue weighted by Crippen LogP contribution is 2.41. The molecule has 40 heavy (non-hydrogen) atoms. The smallest absolute Gasteiger partial charge is 0.325 e. The van der Waals surface area contributed by atoms with E-state index in [0.29, 0.717) is 17.7 Å². The Morgan fingerprint density at radius 1 is 1.02 bits per heavy atom. The van der Waals surface area contributed by atoms with Gasteiger partial charge in [0.1, 0.15) is 25.1 Å². The van der Waals surface area contributed by atoms with E-state index in [1.54, 1.807) is 24.5 Å². The standard InChI is InChI=1S/C26H29N7O7/c1-3-27-26(36)32-22-18-23(30-13-29-22)33(14-31-18)25-21-19(20(40-25)24(35)28-12-16(34)37-4-2)38-17(39-21)11-10-15-8-6-5-7-9-15/h5-11,13-14,17,19-21,25H,3-4,12H2,1-2H3,(H,28,35)(H2,27,29,30,32,36)/b11-10+/t17-,19?,20?,21?,25?/m0/s1. The van der Waals surface area contributed by atoms with E-state index in [9.17, 15) is 14.4 Å². The minimum Gasteiger partial charge on any atom is -0.465 e. The van der Waals surface area contributed by atoms with Gasteiger partial charge in [-0.2, -0.15) is 0 Å². The molecule has 4 unspecified atom stereocenters. The molecule has 4 heterocycles. The van der Waals surface area contributed by atoms with Gasteiger partial charge in [-0.1, -0.05) is 36.4 Å². The first-order chi connectivity index (χ1) is 19.5. The van der Waals surface area contributed by atoms with E-state index >= 15 is 0 Å². The zero-order chi connectivity index (χ0) is 28.1. The summed E-state index contributed by atoms with van der Waals surface area (Å²) >= 11 is 0. The molecule has 5 rings (SSSR count). The molecule has 2 aliphatic rings. The van der Waals surface area contributed by atoms with Gasteiger partial charge in [0.05, 0.1) is 12.9 Å². The molecule has 2 aromatic heterocycles. The van der Waals surface area contributed by atoms with Crippen molar-refractivity contribution in [1.82, 2.24) is 30.2 Å². The zero-order valence-electron chi connectivity index (χ0n) is 21.9. The quantitative estimate of drug-likeness (QED) is 0.330. The molecule has 14 nitrogen and oxygen atoms in total. The summed E-state index contributed by atoms with van der Waals surface area (Å²) < 4.78 is 24.9. The van der Waals surface area contributed by atoms with Crippen molar-refractivity contribution in [3.63, 3.8) is 0 Å². The Kier molecular flexibility index (Phi) is 8.28. The normalized spacial score (nSPS) is 23.7. The Morgan fingerprint density at radius 2 is 1.82 bits per heavy atom. The van der Waals surface area contributed by atoms with Crippen LogP contribution in [0.2, 0.25) is 0 Å². The highest BCUT2D eigenvalue weighted by molar-refractivity contribution is 5.95. The number of benzene rings is 1. The van der Waals surface area contributed by atoms with Gasteiger partial charge in [-0.15, -0.1) is 0 Å². The summed E-state index contributed by atoms with van der Waals surface area (Å²) in [6.07, 6.45) is 2.11. The van der Waals surface area contributed by atoms with Gasteiger partial charge in [-0.25, -0.2) is 19.7 Å². The SMILES string of the molecule is CCNC(=O)Nc1ncnc2c1ncn2C1OC(C(=O)NCC(=O)OCC)C2O[C@H](/C=C/c3ccccc3)OC21. The second kappa shape index (κ2) is 12.2. The Hall–Kier alpha value is -4.40. The van der Waals surface area contributed by atoms with Crippen LogP contribution in [-0.2, 0) is 28.5 Å². The summed E-state index contributed by atoms with van der Waals surface area (Å²) in [5, 5.41) is 7.83. The number of esters is 1. The Bertz CT molecular complexity index is 1400. The van der Waals surface area contributed by atoms with Crippen molar-refractivity contribution in [2.24, 2.45) is 0 Å². The molecule has 0 bridgehead atoms. The lowest BCUT2D eigenvalue weighted by Gasteiger charge is -2.20. The van der Waals surface area contributed by atoms with Crippen molar-refractivity contribution in [2.45, 2.75) is 44.7 Å². The molecular formula is C26H29N7O7. The highest BCUT2D eigenvalue weighted by Gasteiger charge is 2.56. The summed E-state index contributed by atoms with van der Waals surface area (Å²) in [5.41, 5.74) is 1.63. The van der Waals surface area contributed by atoms with Crippen LogP contribution in [0.1, 0.15) is 25.6 Å². The highest BCUT2D eigenvalue weighted by atomic mass is 16.8. The number of hydrogen-bond acceptors (Lipinski definition) is 10. The Labute approximate surface area is 229 Å². The van der Waals surface area contributed by atoms with Crippen LogP contribution in [-0.4, -0.2) is 81.7 Å². The number of hydrogen-bond donors (Lipinski definition) is 3. The molecule has 2 aliphatic heterocycles. The number of imidazole rings is 1. The minimum absolute atomic E-state index is 0.195. The monoisotopic (exact) mass is 551 g/mol. The number of aromatic nitrogens is 4. The maximum Gasteiger partial charge on any atom is 0.325 e.